The Morgan fingerprint density at radius 3 is 2.45 bits per heavy atom. The van der Waals surface area contributed by atoms with Gasteiger partial charge in [0.2, 0.25) is 0 Å². The molecule has 1 rings (SSSR count). The van der Waals surface area contributed by atoms with Crippen molar-refractivity contribution in [2.24, 2.45) is 5.41 Å². The van der Waals surface area contributed by atoms with Gasteiger partial charge in [-0.25, -0.2) is 8.78 Å². The summed E-state index contributed by atoms with van der Waals surface area (Å²) in [5.74, 6) is -0.302. The number of allylic oxidation sites excluding steroid dienone is 4. The van der Waals surface area contributed by atoms with Gasteiger partial charge in [0.05, 0.1) is 0 Å². The molecule has 62 valence electrons. The van der Waals surface area contributed by atoms with Crippen molar-refractivity contribution < 1.29 is 8.78 Å². The third-order valence-corrected chi connectivity index (χ3v) is 1.98. The van der Waals surface area contributed by atoms with Gasteiger partial charge in [-0.3, -0.25) is 0 Å². The van der Waals surface area contributed by atoms with Crippen LogP contribution in [0.25, 0.3) is 0 Å². The van der Waals surface area contributed by atoms with E-state index in [2.05, 4.69) is 0 Å². The summed E-state index contributed by atoms with van der Waals surface area (Å²) >= 11 is 0. The summed E-state index contributed by atoms with van der Waals surface area (Å²) in [4.78, 5) is 0. The molecule has 0 saturated heterocycles. The van der Waals surface area contributed by atoms with Gasteiger partial charge in [0, 0.05) is 5.41 Å². The minimum atomic E-state index is -1.07. The zero-order chi connectivity index (χ0) is 8.65. The molecule has 0 N–H and O–H groups in total. The molecule has 0 spiro atoms. The van der Waals surface area contributed by atoms with Crippen molar-refractivity contribution in [1.82, 2.24) is 0 Å². The van der Waals surface area contributed by atoms with E-state index in [-0.39, 0.29) is 5.83 Å². The zero-order valence-corrected chi connectivity index (χ0v) is 6.99. The Morgan fingerprint density at radius 1 is 1.45 bits per heavy atom. The predicted molar refractivity (Wildman–Crippen MR) is 41.6 cm³/mol. The quantitative estimate of drug-likeness (QED) is 0.508. The summed E-state index contributed by atoms with van der Waals surface area (Å²) in [6.07, 6.45) is 1.60. The van der Waals surface area contributed by atoms with E-state index in [1.807, 2.05) is 0 Å². The Balaban J connectivity index is 2.98. The minimum Gasteiger partial charge on any atom is -0.242 e. The van der Waals surface area contributed by atoms with Gasteiger partial charge in [-0.1, -0.05) is 13.8 Å². The maximum absolute atomic E-state index is 13.1. The van der Waals surface area contributed by atoms with E-state index in [0.29, 0.717) is 5.57 Å². The highest BCUT2D eigenvalue weighted by molar-refractivity contribution is 5.32. The van der Waals surface area contributed by atoms with Crippen molar-refractivity contribution >= 4 is 0 Å². The maximum Gasteiger partial charge on any atom is 0.127 e. The molecule has 0 aromatic heterocycles. The summed E-state index contributed by atoms with van der Waals surface area (Å²) in [6, 6.07) is 0. The van der Waals surface area contributed by atoms with Crippen LogP contribution in [0.1, 0.15) is 20.8 Å². The van der Waals surface area contributed by atoms with E-state index in [0.717, 1.165) is 0 Å². The summed E-state index contributed by atoms with van der Waals surface area (Å²) in [7, 11) is 0. The summed E-state index contributed by atoms with van der Waals surface area (Å²) < 4.78 is 26.0. The van der Waals surface area contributed by atoms with Crippen LogP contribution in [0.2, 0.25) is 0 Å². The van der Waals surface area contributed by atoms with Gasteiger partial charge < -0.3 is 0 Å². The fraction of sp³-hybridized carbons (Fsp3) is 0.556. The molecular formula is C9H12F2. The second-order valence-corrected chi connectivity index (χ2v) is 3.57. The Bertz CT molecular complexity index is 224. The second-order valence-electron chi connectivity index (χ2n) is 3.57. The fourth-order valence-corrected chi connectivity index (χ4v) is 1.03. The first-order valence-electron chi connectivity index (χ1n) is 3.65. The van der Waals surface area contributed by atoms with Crippen LogP contribution in [0.15, 0.2) is 23.6 Å². The minimum absolute atomic E-state index is 0.302. The van der Waals surface area contributed by atoms with Crippen molar-refractivity contribution in [2.45, 2.75) is 26.9 Å². The Morgan fingerprint density at radius 2 is 2.00 bits per heavy atom. The molecule has 0 aromatic rings. The molecule has 11 heavy (non-hydrogen) atoms. The van der Waals surface area contributed by atoms with Crippen molar-refractivity contribution in [3.05, 3.63) is 23.6 Å². The molecule has 1 atom stereocenters. The van der Waals surface area contributed by atoms with E-state index in [1.54, 1.807) is 20.8 Å². The third-order valence-electron chi connectivity index (χ3n) is 1.98. The first-order valence-corrected chi connectivity index (χ1v) is 3.65. The molecule has 0 nitrogen and oxygen atoms in total. The molecule has 1 aliphatic carbocycles. The molecule has 0 aliphatic heterocycles. The van der Waals surface area contributed by atoms with E-state index in [4.69, 9.17) is 0 Å². The summed E-state index contributed by atoms with van der Waals surface area (Å²) in [5.41, 5.74) is -0.291. The number of hydrogen-bond acceptors (Lipinski definition) is 0. The average molecular weight is 158 g/mol. The number of rotatable bonds is 0. The molecule has 1 aliphatic rings. The lowest BCUT2D eigenvalue weighted by Gasteiger charge is -2.26. The lowest BCUT2D eigenvalue weighted by atomic mass is 9.82. The second kappa shape index (κ2) is 2.43. The first kappa shape index (κ1) is 8.44. The largest absolute Gasteiger partial charge is 0.242 e. The van der Waals surface area contributed by atoms with Gasteiger partial charge in [0.1, 0.15) is 12.0 Å². The SMILES string of the molecule is CC1=CC(F)C(C)(C)C=C1F. The Hall–Kier alpha value is -0.660. The van der Waals surface area contributed by atoms with Crippen LogP contribution in [0.5, 0.6) is 0 Å². The lowest BCUT2D eigenvalue weighted by Crippen LogP contribution is -2.24. The van der Waals surface area contributed by atoms with Crippen LogP contribution in [0.3, 0.4) is 0 Å². The molecule has 1 unspecified atom stereocenters. The molecule has 0 aromatic carbocycles. The van der Waals surface area contributed by atoms with Gasteiger partial charge in [-0.05, 0) is 24.6 Å². The van der Waals surface area contributed by atoms with Crippen LogP contribution in [-0.4, -0.2) is 6.17 Å². The van der Waals surface area contributed by atoms with Crippen molar-refractivity contribution in [3.8, 4) is 0 Å². The smallest absolute Gasteiger partial charge is 0.127 e. The van der Waals surface area contributed by atoms with Crippen LogP contribution in [-0.2, 0) is 0 Å². The van der Waals surface area contributed by atoms with Gasteiger partial charge >= 0.3 is 0 Å². The zero-order valence-electron chi connectivity index (χ0n) is 6.99. The highest BCUT2D eigenvalue weighted by atomic mass is 19.1. The molecular weight excluding hydrogens is 146 g/mol. The molecule has 0 amide bonds. The van der Waals surface area contributed by atoms with Crippen molar-refractivity contribution in [3.63, 3.8) is 0 Å². The molecule has 0 heterocycles. The van der Waals surface area contributed by atoms with Gasteiger partial charge in [-0.2, -0.15) is 0 Å². The Labute approximate surface area is 65.6 Å². The lowest BCUT2D eigenvalue weighted by molar-refractivity contribution is 0.232. The van der Waals surface area contributed by atoms with E-state index in [9.17, 15) is 8.78 Å². The van der Waals surface area contributed by atoms with Crippen molar-refractivity contribution in [1.29, 1.82) is 0 Å². The van der Waals surface area contributed by atoms with E-state index >= 15 is 0 Å². The fourth-order valence-electron chi connectivity index (χ4n) is 1.03. The van der Waals surface area contributed by atoms with Crippen LogP contribution in [0.4, 0.5) is 8.78 Å². The maximum atomic E-state index is 13.1. The predicted octanol–water partition coefficient (Wildman–Crippen LogP) is 3.16. The number of hydrogen-bond donors (Lipinski definition) is 0. The highest BCUT2D eigenvalue weighted by Gasteiger charge is 2.30. The monoisotopic (exact) mass is 158 g/mol. The van der Waals surface area contributed by atoms with Crippen LogP contribution >= 0.6 is 0 Å². The molecule has 0 radical (unpaired) electrons. The first-order chi connectivity index (χ1) is 4.93. The highest BCUT2D eigenvalue weighted by Crippen LogP contribution is 2.34. The van der Waals surface area contributed by atoms with E-state index < -0.39 is 11.6 Å². The molecule has 0 fully saturated rings. The third kappa shape index (κ3) is 1.50. The standard InChI is InChI=1S/C9H12F2/c1-6-4-8(11)9(2,3)5-7(6)10/h4-5,8H,1-3H3. The normalized spacial score (nSPS) is 29.4. The number of alkyl halides is 1. The molecule has 0 bridgehead atoms. The Kier molecular flexibility index (Phi) is 1.87. The van der Waals surface area contributed by atoms with Gasteiger partial charge in [0.25, 0.3) is 0 Å². The van der Waals surface area contributed by atoms with Crippen molar-refractivity contribution in [2.75, 3.05) is 0 Å². The molecule has 2 heteroatoms. The van der Waals surface area contributed by atoms with Crippen LogP contribution < -0.4 is 0 Å². The topological polar surface area (TPSA) is 0 Å². The van der Waals surface area contributed by atoms with Gasteiger partial charge in [0.15, 0.2) is 0 Å². The van der Waals surface area contributed by atoms with E-state index in [1.165, 1.54) is 12.2 Å². The number of halogens is 2. The summed E-state index contributed by atoms with van der Waals surface area (Å²) in [6.45, 7) is 4.94. The van der Waals surface area contributed by atoms with Gasteiger partial charge in [-0.15, -0.1) is 0 Å². The molecule has 0 saturated carbocycles. The van der Waals surface area contributed by atoms with Crippen LogP contribution in [0, 0.1) is 5.41 Å². The average Bonchev–Trinajstić information content (AvgIpc) is 1.83. The summed E-state index contributed by atoms with van der Waals surface area (Å²) in [5, 5.41) is 0.